The van der Waals surface area contributed by atoms with Crippen LogP contribution >= 0.6 is 0 Å². The Labute approximate surface area is 236 Å². The van der Waals surface area contributed by atoms with E-state index in [9.17, 15) is 20.4 Å². The third kappa shape index (κ3) is 14.4. The second-order valence-corrected chi connectivity index (χ2v) is 12.0. The van der Waals surface area contributed by atoms with Gasteiger partial charge in [0, 0.05) is 0 Å². The maximum Gasteiger partial charge on any atom is 0.187 e. The lowest BCUT2D eigenvalue weighted by Gasteiger charge is -2.43. The minimum absolute atomic E-state index is 0.0659. The minimum atomic E-state index is -1.34. The SMILES string of the molecule is CC(C)CCCCCCCCCCCCCCCC(O[C@H]1C(OCC(O)CO)O[C@H](CO)[C@@H](O)[C@@H]1O)C1CO1. The molecule has 8 atom stereocenters. The summed E-state index contributed by atoms with van der Waals surface area (Å²) < 4.78 is 22.8. The van der Waals surface area contributed by atoms with Crippen LogP contribution in [-0.4, -0.2) is 101 Å². The molecule has 4 unspecified atom stereocenters. The van der Waals surface area contributed by atoms with Crippen LogP contribution in [0, 0.1) is 5.92 Å². The van der Waals surface area contributed by atoms with Crippen molar-refractivity contribution in [1.29, 1.82) is 0 Å². The monoisotopic (exact) mass is 562 g/mol. The molecular weight excluding hydrogens is 504 g/mol. The first-order chi connectivity index (χ1) is 18.9. The topological polar surface area (TPSA) is 141 Å². The molecule has 2 fully saturated rings. The smallest absolute Gasteiger partial charge is 0.187 e. The third-order valence-electron chi connectivity index (χ3n) is 7.86. The average molecular weight is 563 g/mol. The van der Waals surface area contributed by atoms with E-state index in [4.69, 9.17) is 24.1 Å². The zero-order valence-electron chi connectivity index (χ0n) is 24.5. The number of rotatable bonds is 24. The van der Waals surface area contributed by atoms with Crippen molar-refractivity contribution >= 4 is 0 Å². The summed E-state index contributed by atoms with van der Waals surface area (Å²) in [7, 11) is 0. The molecule has 9 heteroatoms. The highest BCUT2D eigenvalue weighted by Crippen LogP contribution is 2.30. The van der Waals surface area contributed by atoms with Gasteiger partial charge >= 0.3 is 0 Å². The van der Waals surface area contributed by atoms with Crippen molar-refractivity contribution in [3.63, 3.8) is 0 Å². The van der Waals surface area contributed by atoms with Crippen molar-refractivity contribution in [2.45, 2.75) is 159 Å². The Balaban J connectivity index is 1.60. The molecule has 2 aliphatic heterocycles. The lowest BCUT2D eigenvalue weighted by molar-refractivity contribution is -0.320. The highest BCUT2D eigenvalue weighted by Gasteiger charge is 2.48. The summed E-state index contributed by atoms with van der Waals surface area (Å²) in [4.78, 5) is 0. The Bertz CT molecular complexity index is 589. The molecule has 2 heterocycles. The standard InChI is InChI=1S/C30H58O9/c1-22(2)16-14-12-10-8-6-4-3-5-7-9-11-13-15-17-24(26-21-36-26)38-29-28(35)27(34)25(19-32)39-30(29)37-20-23(33)18-31/h22-35H,3-21H2,1-2H3/t23?,24?,25-,26?,27-,28+,29-,30?/m1/s1. The molecule has 2 rings (SSSR count). The van der Waals surface area contributed by atoms with Crippen LogP contribution in [0.3, 0.4) is 0 Å². The summed E-state index contributed by atoms with van der Waals surface area (Å²) in [5.41, 5.74) is 0. The van der Waals surface area contributed by atoms with Gasteiger partial charge in [0.25, 0.3) is 0 Å². The van der Waals surface area contributed by atoms with Crippen molar-refractivity contribution in [3.8, 4) is 0 Å². The maximum atomic E-state index is 10.7. The maximum absolute atomic E-state index is 10.7. The van der Waals surface area contributed by atoms with Crippen LogP contribution in [0.5, 0.6) is 0 Å². The van der Waals surface area contributed by atoms with Gasteiger partial charge in [0.05, 0.1) is 32.5 Å². The van der Waals surface area contributed by atoms with E-state index >= 15 is 0 Å². The number of epoxide rings is 1. The Kier molecular flexibility index (Phi) is 18.3. The van der Waals surface area contributed by atoms with Gasteiger partial charge in [-0.3, -0.25) is 0 Å². The Morgan fingerprint density at radius 2 is 1.28 bits per heavy atom. The van der Waals surface area contributed by atoms with Crippen molar-refractivity contribution in [2.24, 2.45) is 5.92 Å². The molecule has 0 spiro atoms. The van der Waals surface area contributed by atoms with Gasteiger partial charge in [-0.05, 0) is 12.3 Å². The van der Waals surface area contributed by atoms with Crippen LogP contribution in [0.2, 0.25) is 0 Å². The molecule has 0 bridgehead atoms. The van der Waals surface area contributed by atoms with E-state index in [0.717, 1.165) is 25.2 Å². The summed E-state index contributed by atoms with van der Waals surface area (Å²) in [5.74, 6) is 0.835. The van der Waals surface area contributed by atoms with Crippen LogP contribution in [0.1, 0.15) is 110 Å². The summed E-state index contributed by atoms with van der Waals surface area (Å²) in [6.07, 6.45) is 11.6. The molecule has 2 aliphatic rings. The number of ether oxygens (including phenoxy) is 4. The summed E-state index contributed by atoms with van der Waals surface area (Å²) in [6, 6.07) is 0. The number of hydrogen-bond donors (Lipinski definition) is 5. The third-order valence-corrected chi connectivity index (χ3v) is 7.86. The fourth-order valence-corrected chi connectivity index (χ4v) is 5.25. The largest absolute Gasteiger partial charge is 0.394 e. The molecule has 0 aromatic rings. The lowest BCUT2D eigenvalue weighted by Crippen LogP contribution is -2.61. The molecule has 2 saturated heterocycles. The van der Waals surface area contributed by atoms with E-state index in [1.54, 1.807) is 0 Å². The average Bonchev–Trinajstić information content (AvgIpc) is 3.77. The van der Waals surface area contributed by atoms with Crippen molar-refractivity contribution < 1.29 is 44.5 Å². The Morgan fingerprint density at radius 3 is 1.74 bits per heavy atom. The second kappa shape index (κ2) is 20.5. The number of hydrogen-bond acceptors (Lipinski definition) is 9. The van der Waals surface area contributed by atoms with Crippen molar-refractivity contribution in [3.05, 3.63) is 0 Å². The minimum Gasteiger partial charge on any atom is -0.394 e. The van der Waals surface area contributed by atoms with Crippen LogP contribution in [0.25, 0.3) is 0 Å². The number of aliphatic hydroxyl groups is 5. The Hall–Kier alpha value is -0.360. The lowest BCUT2D eigenvalue weighted by atomic mass is 9.98. The summed E-state index contributed by atoms with van der Waals surface area (Å²) >= 11 is 0. The van der Waals surface area contributed by atoms with E-state index in [-0.39, 0.29) is 18.8 Å². The van der Waals surface area contributed by atoms with Crippen LogP contribution in [0.15, 0.2) is 0 Å². The van der Waals surface area contributed by atoms with Gasteiger partial charge in [-0.25, -0.2) is 0 Å². The molecule has 0 aromatic heterocycles. The Morgan fingerprint density at radius 1 is 0.769 bits per heavy atom. The van der Waals surface area contributed by atoms with E-state index in [1.807, 2.05) is 0 Å². The van der Waals surface area contributed by atoms with Crippen LogP contribution in [-0.2, 0) is 18.9 Å². The molecule has 0 radical (unpaired) electrons. The quantitative estimate of drug-likeness (QED) is 0.0883. The zero-order chi connectivity index (χ0) is 28.5. The molecule has 0 aliphatic carbocycles. The first kappa shape index (κ1) is 34.8. The van der Waals surface area contributed by atoms with Gasteiger partial charge in [-0.15, -0.1) is 0 Å². The zero-order valence-corrected chi connectivity index (χ0v) is 24.5. The van der Waals surface area contributed by atoms with Crippen LogP contribution < -0.4 is 0 Å². The van der Waals surface area contributed by atoms with Crippen molar-refractivity contribution in [1.82, 2.24) is 0 Å². The fraction of sp³-hybridized carbons (Fsp3) is 1.00. The highest BCUT2D eigenvalue weighted by atomic mass is 16.7. The molecule has 39 heavy (non-hydrogen) atoms. The molecule has 0 aromatic carbocycles. The highest BCUT2D eigenvalue weighted by molar-refractivity contribution is 4.92. The van der Waals surface area contributed by atoms with E-state index < -0.39 is 50.0 Å². The number of unbranched alkanes of at least 4 members (excludes halogenated alkanes) is 12. The van der Waals surface area contributed by atoms with E-state index in [0.29, 0.717) is 6.61 Å². The summed E-state index contributed by atoms with van der Waals surface area (Å²) in [6.45, 7) is 3.98. The van der Waals surface area contributed by atoms with E-state index in [2.05, 4.69) is 13.8 Å². The first-order valence-electron chi connectivity index (χ1n) is 15.7. The molecule has 232 valence electrons. The van der Waals surface area contributed by atoms with Gasteiger partial charge in [0.1, 0.15) is 36.6 Å². The van der Waals surface area contributed by atoms with E-state index in [1.165, 1.54) is 77.0 Å². The van der Waals surface area contributed by atoms with Crippen molar-refractivity contribution in [2.75, 3.05) is 26.4 Å². The molecule has 0 amide bonds. The van der Waals surface area contributed by atoms with Gasteiger partial charge in [-0.1, -0.05) is 104 Å². The molecule has 9 nitrogen and oxygen atoms in total. The van der Waals surface area contributed by atoms with Gasteiger partial charge < -0.3 is 44.5 Å². The van der Waals surface area contributed by atoms with Gasteiger partial charge in [0.2, 0.25) is 0 Å². The molecule has 5 N–H and O–H groups in total. The molecule has 0 saturated carbocycles. The summed E-state index contributed by atoms with van der Waals surface area (Å²) in [5, 5.41) is 49.3. The van der Waals surface area contributed by atoms with Gasteiger partial charge in [0.15, 0.2) is 6.29 Å². The predicted octanol–water partition coefficient (Wildman–Crippen LogP) is 3.46. The number of aliphatic hydroxyl groups excluding tert-OH is 5. The van der Waals surface area contributed by atoms with Crippen LogP contribution in [0.4, 0.5) is 0 Å². The fourth-order valence-electron chi connectivity index (χ4n) is 5.25. The first-order valence-corrected chi connectivity index (χ1v) is 15.7. The predicted molar refractivity (Wildman–Crippen MR) is 149 cm³/mol. The van der Waals surface area contributed by atoms with Gasteiger partial charge in [-0.2, -0.15) is 0 Å². The second-order valence-electron chi connectivity index (χ2n) is 12.0. The normalized spacial score (nSPS) is 28.6. The molecular formula is C30H58O9.